The number of aliphatic hydroxyl groups excluding tert-OH is 12. The second-order valence-electron chi connectivity index (χ2n) is 21.9. The zero-order valence-corrected chi connectivity index (χ0v) is 38.2. The van der Waals surface area contributed by atoms with Crippen LogP contribution in [0.5, 0.6) is 0 Å². The molecule has 18 nitrogen and oxygen atoms in total. The third kappa shape index (κ3) is 8.17. The minimum absolute atomic E-state index is 0.0892. The van der Waals surface area contributed by atoms with Crippen LogP contribution in [-0.4, -0.2) is 191 Å². The number of allylic oxidation sites excluding steroid dienone is 1. The average molecular weight is 919 g/mol. The van der Waals surface area contributed by atoms with E-state index >= 15 is 0 Å². The average Bonchev–Trinajstić information content (AvgIpc) is 3.65. The normalized spacial score (nSPS) is 53.7. The van der Waals surface area contributed by atoms with E-state index in [1.165, 1.54) is 0 Å². The molecule has 7 fully saturated rings. The fraction of sp³-hybridized carbons (Fsp3) is 0.957. The molecule has 4 aliphatic carbocycles. The van der Waals surface area contributed by atoms with E-state index in [9.17, 15) is 61.3 Å². The number of ether oxygens (including phenoxy) is 6. The van der Waals surface area contributed by atoms with Gasteiger partial charge in [-0.3, -0.25) is 0 Å². The molecule has 25 atom stereocenters. The summed E-state index contributed by atoms with van der Waals surface area (Å²) in [4.78, 5) is 0. The molecule has 0 radical (unpaired) electrons. The van der Waals surface area contributed by atoms with Gasteiger partial charge in [0.1, 0.15) is 73.2 Å². The molecule has 0 aromatic heterocycles. The van der Waals surface area contributed by atoms with Gasteiger partial charge in [0.05, 0.1) is 37.6 Å². The van der Waals surface area contributed by atoms with Crippen LogP contribution in [0.3, 0.4) is 0 Å². The Morgan fingerprint density at radius 3 is 1.72 bits per heavy atom. The Labute approximate surface area is 376 Å². The maximum atomic E-state index is 12.6. The van der Waals surface area contributed by atoms with E-state index in [4.69, 9.17) is 28.4 Å². The van der Waals surface area contributed by atoms with Gasteiger partial charge in [-0.2, -0.15) is 0 Å². The lowest BCUT2D eigenvalue weighted by molar-refractivity contribution is -0.378. The fourth-order valence-electron chi connectivity index (χ4n) is 14.6. The second kappa shape index (κ2) is 18.7. The van der Waals surface area contributed by atoms with Crippen molar-refractivity contribution < 1.29 is 89.7 Å². The first-order valence-corrected chi connectivity index (χ1v) is 23.5. The maximum Gasteiger partial charge on any atom is 0.187 e. The highest BCUT2D eigenvalue weighted by atomic mass is 16.8. The quantitative estimate of drug-likeness (QED) is 0.0795. The molecule has 15 unspecified atom stereocenters. The van der Waals surface area contributed by atoms with Gasteiger partial charge in [-0.25, -0.2) is 0 Å². The number of hydrogen-bond donors (Lipinski definition) is 12. The molecule has 0 aromatic carbocycles. The number of fused-ring (bicyclic) bond motifs is 5. The fourth-order valence-corrected chi connectivity index (χ4v) is 14.6. The molecule has 0 amide bonds. The van der Waals surface area contributed by atoms with E-state index in [1.807, 2.05) is 6.92 Å². The first kappa shape index (κ1) is 50.9. The summed E-state index contributed by atoms with van der Waals surface area (Å²) in [6, 6.07) is 0. The molecule has 12 N–H and O–H groups in total. The predicted octanol–water partition coefficient (Wildman–Crippen LogP) is -0.807. The smallest absolute Gasteiger partial charge is 0.187 e. The van der Waals surface area contributed by atoms with Gasteiger partial charge < -0.3 is 89.7 Å². The second-order valence-corrected chi connectivity index (χ2v) is 21.9. The highest BCUT2D eigenvalue weighted by molar-refractivity contribution is 5.20. The third-order valence-corrected chi connectivity index (χ3v) is 18.5. The SMILES string of the molecule is C=CCC[C@](C)(OC1OC(CO)C(O)C(O)C1O)[C@H]1CC[C@]2(C)[C@@H]1[C@H](O)C[C@@H]1[C@@]3(C)CC[C@H](OC4OC(CO)C(O)C(O)C4OC4OC(CO)C(O)C(O)C4O)C(C)(C)[C@@H]3CC[C@]12C. The van der Waals surface area contributed by atoms with Crippen LogP contribution in [0.4, 0.5) is 0 Å². The van der Waals surface area contributed by atoms with Gasteiger partial charge in [0.2, 0.25) is 0 Å². The minimum Gasteiger partial charge on any atom is -0.394 e. The third-order valence-electron chi connectivity index (χ3n) is 18.5. The molecule has 3 heterocycles. The highest BCUT2D eigenvalue weighted by Crippen LogP contribution is 2.76. The molecule has 3 saturated heterocycles. The Hall–Kier alpha value is -0.980. The molecule has 4 saturated carbocycles. The van der Waals surface area contributed by atoms with Crippen molar-refractivity contribution in [2.24, 2.45) is 45.3 Å². The van der Waals surface area contributed by atoms with Crippen molar-refractivity contribution in [2.45, 2.75) is 209 Å². The van der Waals surface area contributed by atoms with Gasteiger partial charge in [0, 0.05) is 0 Å². The lowest BCUT2D eigenvalue weighted by Crippen LogP contribution is -2.68. The van der Waals surface area contributed by atoms with Crippen molar-refractivity contribution in [3.63, 3.8) is 0 Å². The summed E-state index contributed by atoms with van der Waals surface area (Å²) in [7, 11) is 0. The van der Waals surface area contributed by atoms with Crippen LogP contribution in [0.15, 0.2) is 12.7 Å². The van der Waals surface area contributed by atoms with E-state index in [2.05, 4.69) is 41.2 Å². The molecule has 3 aliphatic heterocycles. The zero-order chi connectivity index (χ0) is 47.1. The predicted molar refractivity (Wildman–Crippen MR) is 224 cm³/mol. The van der Waals surface area contributed by atoms with Gasteiger partial charge in [-0.1, -0.05) is 40.7 Å². The summed E-state index contributed by atoms with van der Waals surface area (Å²) in [5.74, 6) is -0.171. The number of rotatable bonds is 13. The Morgan fingerprint density at radius 1 is 0.609 bits per heavy atom. The van der Waals surface area contributed by atoms with Gasteiger partial charge in [0.25, 0.3) is 0 Å². The lowest BCUT2D eigenvalue weighted by atomic mass is 9.35. The van der Waals surface area contributed by atoms with E-state index in [1.54, 1.807) is 6.08 Å². The minimum atomic E-state index is -1.79. The first-order valence-electron chi connectivity index (χ1n) is 23.5. The van der Waals surface area contributed by atoms with Gasteiger partial charge >= 0.3 is 0 Å². The summed E-state index contributed by atoms with van der Waals surface area (Å²) in [5.41, 5.74) is -2.28. The molecule has 7 rings (SSSR count). The van der Waals surface area contributed by atoms with Gasteiger partial charge in [-0.15, -0.1) is 6.58 Å². The van der Waals surface area contributed by atoms with Crippen LogP contribution in [-0.2, 0) is 28.4 Å². The van der Waals surface area contributed by atoms with Crippen LogP contribution in [0.2, 0.25) is 0 Å². The molecular formula is C46H78O18. The van der Waals surface area contributed by atoms with Gasteiger partial charge in [-0.05, 0) is 110 Å². The first-order chi connectivity index (χ1) is 30.0. The molecule has 0 spiro atoms. The monoisotopic (exact) mass is 919 g/mol. The van der Waals surface area contributed by atoms with Crippen molar-refractivity contribution in [2.75, 3.05) is 19.8 Å². The molecule has 370 valence electrons. The number of aliphatic hydroxyl groups is 12. The Bertz CT molecular complexity index is 1600. The van der Waals surface area contributed by atoms with Crippen LogP contribution in [0.25, 0.3) is 0 Å². The standard InChI is InChI=1S/C46H78O18/c1-8-9-13-46(7,64-40-37(58)34(55)31(52)24(19-48)60-40)21-10-15-45(6)29(21)22(50)17-27-43(4)14-12-28(42(2,3)26(43)11-16-44(27,45)5)62-41-38(35(56)32(53)25(20-49)61-41)63-39-36(57)33(54)30(51)23(18-47)59-39/h8,21-41,47-58H,1,9-20H2,2-7H3/t21-,22+,23?,24?,25?,26-,27+,28-,29-,30?,31?,32?,33?,34?,35?,36?,37?,38?,39?,40?,41?,43-,44+,45+,46-/m0/s1. The summed E-state index contributed by atoms with van der Waals surface area (Å²) in [6.45, 7) is 15.3. The van der Waals surface area contributed by atoms with Crippen LogP contribution >= 0.6 is 0 Å². The van der Waals surface area contributed by atoms with Crippen molar-refractivity contribution in [1.82, 2.24) is 0 Å². The maximum absolute atomic E-state index is 12.6. The molecule has 0 bridgehead atoms. The molecule has 18 heteroatoms. The summed E-state index contributed by atoms with van der Waals surface area (Å²) in [6.07, 6.45) is -15.9. The van der Waals surface area contributed by atoms with Crippen LogP contribution in [0, 0.1) is 45.3 Å². The zero-order valence-electron chi connectivity index (χ0n) is 38.2. The van der Waals surface area contributed by atoms with Crippen molar-refractivity contribution in [1.29, 1.82) is 0 Å². The molecule has 64 heavy (non-hydrogen) atoms. The van der Waals surface area contributed by atoms with Crippen LogP contribution < -0.4 is 0 Å². The largest absolute Gasteiger partial charge is 0.394 e. The lowest BCUT2D eigenvalue weighted by Gasteiger charge is -2.71. The topological polar surface area (TPSA) is 298 Å². The van der Waals surface area contributed by atoms with Crippen LogP contribution in [0.1, 0.15) is 99.3 Å². The van der Waals surface area contributed by atoms with Crippen molar-refractivity contribution in [3.8, 4) is 0 Å². The molecule has 7 aliphatic rings. The van der Waals surface area contributed by atoms with Crippen molar-refractivity contribution >= 4 is 0 Å². The van der Waals surface area contributed by atoms with Gasteiger partial charge in [0.15, 0.2) is 18.9 Å². The molecule has 0 aromatic rings. The highest BCUT2D eigenvalue weighted by Gasteiger charge is 2.72. The Morgan fingerprint density at radius 2 is 1.14 bits per heavy atom. The summed E-state index contributed by atoms with van der Waals surface area (Å²) >= 11 is 0. The Balaban J connectivity index is 1.12. The van der Waals surface area contributed by atoms with Crippen molar-refractivity contribution in [3.05, 3.63) is 12.7 Å². The van der Waals surface area contributed by atoms with E-state index in [0.717, 1.165) is 32.1 Å². The molecular weight excluding hydrogens is 840 g/mol. The van der Waals surface area contributed by atoms with E-state index in [-0.39, 0.29) is 39.9 Å². The summed E-state index contributed by atoms with van der Waals surface area (Å²) in [5, 5.41) is 128. The van der Waals surface area contributed by atoms with E-state index in [0.29, 0.717) is 25.7 Å². The Kier molecular flexibility index (Phi) is 14.9. The number of hydrogen-bond acceptors (Lipinski definition) is 18. The van der Waals surface area contributed by atoms with E-state index < -0.39 is 135 Å². The summed E-state index contributed by atoms with van der Waals surface area (Å²) < 4.78 is 37.0.